The largest absolute Gasteiger partial charge is 0.380 e. The molecule has 0 aromatic heterocycles. The molecule has 1 saturated carbocycles. The Morgan fingerprint density at radius 1 is 1.31 bits per heavy atom. The average molecular weight is 183 g/mol. The van der Waals surface area contributed by atoms with E-state index in [0.29, 0.717) is 5.41 Å². The van der Waals surface area contributed by atoms with Crippen LogP contribution in [-0.2, 0) is 4.74 Å². The Labute approximate surface area is 81.0 Å². The predicted octanol–water partition coefficient (Wildman–Crippen LogP) is 1.80. The minimum atomic E-state index is 0.520. The van der Waals surface area contributed by atoms with Gasteiger partial charge in [0.25, 0.3) is 0 Å². The zero-order valence-corrected chi connectivity index (χ0v) is 8.64. The second-order valence-electron chi connectivity index (χ2n) is 4.62. The Morgan fingerprint density at radius 3 is 2.46 bits per heavy atom. The van der Waals surface area contributed by atoms with E-state index in [4.69, 9.17) is 4.74 Å². The molecule has 1 aliphatic heterocycles. The second-order valence-corrected chi connectivity index (χ2v) is 4.62. The normalized spacial score (nSPS) is 27.5. The maximum atomic E-state index is 5.41. The van der Waals surface area contributed by atoms with E-state index in [2.05, 4.69) is 12.2 Å². The molecule has 0 radical (unpaired) electrons. The highest BCUT2D eigenvalue weighted by Gasteiger charge is 2.45. The van der Waals surface area contributed by atoms with Gasteiger partial charge < -0.3 is 10.1 Å². The lowest BCUT2D eigenvalue weighted by molar-refractivity contribution is -0.142. The molecule has 1 N–H and O–H groups in total. The van der Waals surface area contributed by atoms with E-state index >= 15 is 0 Å². The highest BCUT2D eigenvalue weighted by atomic mass is 16.5. The molecule has 1 saturated heterocycles. The van der Waals surface area contributed by atoms with E-state index < -0.39 is 0 Å². The third-order valence-electron chi connectivity index (χ3n) is 3.73. The topological polar surface area (TPSA) is 21.3 Å². The molecule has 0 bridgehead atoms. The van der Waals surface area contributed by atoms with Crippen molar-refractivity contribution in [2.75, 3.05) is 26.3 Å². The van der Waals surface area contributed by atoms with Gasteiger partial charge in [0.2, 0.25) is 0 Å². The van der Waals surface area contributed by atoms with Crippen LogP contribution in [0.1, 0.15) is 32.6 Å². The third-order valence-corrected chi connectivity index (χ3v) is 3.73. The molecule has 0 aromatic rings. The van der Waals surface area contributed by atoms with Gasteiger partial charge in [-0.15, -0.1) is 0 Å². The number of nitrogens with one attached hydrogen (secondary N) is 1. The van der Waals surface area contributed by atoms with Gasteiger partial charge in [-0.3, -0.25) is 0 Å². The quantitative estimate of drug-likeness (QED) is 0.717. The Kier molecular flexibility index (Phi) is 2.89. The van der Waals surface area contributed by atoms with Crippen LogP contribution in [0.15, 0.2) is 0 Å². The molecule has 2 heteroatoms. The first-order valence-electron chi connectivity index (χ1n) is 5.66. The van der Waals surface area contributed by atoms with Crippen molar-refractivity contribution in [2.24, 2.45) is 11.3 Å². The predicted molar refractivity (Wildman–Crippen MR) is 53.8 cm³/mol. The van der Waals surface area contributed by atoms with E-state index in [1.54, 1.807) is 0 Å². The molecule has 2 rings (SSSR count). The van der Waals surface area contributed by atoms with Crippen molar-refractivity contribution in [3.63, 3.8) is 0 Å². The van der Waals surface area contributed by atoms with Crippen LogP contribution in [0, 0.1) is 11.3 Å². The van der Waals surface area contributed by atoms with E-state index in [0.717, 1.165) is 25.7 Å². The van der Waals surface area contributed by atoms with Crippen LogP contribution in [0.4, 0.5) is 0 Å². The van der Waals surface area contributed by atoms with E-state index in [1.807, 2.05) is 0 Å². The molecular formula is C11H21NO. The van der Waals surface area contributed by atoms with Crippen molar-refractivity contribution in [1.29, 1.82) is 0 Å². The summed E-state index contributed by atoms with van der Waals surface area (Å²) < 4.78 is 5.41. The fraction of sp³-hybridized carbons (Fsp3) is 1.00. The summed E-state index contributed by atoms with van der Waals surface area (Å²) in [5, 5.41) is 3.49. The molecule has 76 valence electrons. The van der Waals surface area contributed by atoms with Crippen LogP contribution in [0.5, 0.6) is 0 Å². The minimum absolute atomic E-state index is 0.520. The number of ether oxygens (including phenoxy) is 1. The van der Waals surface area contributed by atoms with Gasteiger partial charge in [0, 0.05) is 12.0 Å². The van der Waals surface area contributed by atoms with E-state index in [-0.39, 0.29) is 0 Å². The Balaban J connectivity index is 1.89. The fourth-order valence-corrected chi connectivity index (χ4v) is 2.76. The van der Waals surface area contributed by atoms with E-state index in [9.17, 15) is 0 Å². The van der Waals surface area contributed by atoms with Crippen molar-refractivity contribution in [2.45, 2.75) is 32.6 Å². The first kappa shape index (κ1) is 9.47. The van der Waals surface area contributed by atoms with Crippen molar-refractivity contribution < 1.29 is 4.74 Å². The summed E-state index contributed by atoms with van der Waals surface area (Å²) in [6.07, 6.45) is 5.76. The maximum absolute atomic E-state index is 5.41. The van der Waals surface area contributed by atoms with Crippen LogP contribution >= 0.6 is 0 Å². The standard InChI is InChI=1S/C11H21NO/c1-2-12-7-11(8-13-9-11)10-5-3-4-6-10/h10,12H,2-9H2,1H3. The van der Waals surface area contributed by atoms with Crippen molar-refractivity contribution >= 4 is 0 Å². The van der Waals surface area contributed by atoms with Gasteiger partial charge in [0.1, 0.15) is 0 Å². The monoisotopic (exact) mass is 183 g/mol. The highest BCUT2D eigenvalue weighted by molar-refractivity contribution is 4.95. The van der Waals surface area contributed by atoms with Crippen LogP contribution in [-0.4, -0.2) is 26.3 Å². The first-order valence-corrected chi connectivity index (χ1v) is 5.66. The summed E-state index contributed by atoms with van der Waals surface area (Å²) in [6, 6.07) is 0. The van der Waals surface area contributed by atoms with Crippen LogP contribution in [0.2, 0.25) is 0 Å². The number of rotatable bonds is 4. The van der Waals surface area contributed by atoms with Gasteiger partial charge in [-0.05, 0) is 25.3 Å². The Hall–Kier alpha value is -0.0800. The Morgan fingerprint density at radius 2 is 2.00 bits per heavy atom. The fourth-order valence-electron chi connectivity index (χ4n) is 2.76. The smallest absolute Gasteiger partial charge is 0.0559 e. The highest BCUT2D eigenvalue weighted by Crippen LogP contribution is 2.44. The van der Waals surface area contributed by atoms with E-state index in [1.165, 1.54) is 32.2 Å². The SMILES string of the molecule is CCNCC1(C2CCCC2)COC1. The van der Waals surface area contributed by atoms with Crippen molar-refractivity contribution in [1.82, 2.24) is 5.32 Å². The second kappa shape index (κ2) is 3.97. The molecule has 0 atom stereocenters. The first-order chi connectivity index (χ1) is 6.37. The molecule has 2 aliphatic rings. The molecule has 0 aromatic carbocycles. The maximum Gasteiger partial charge on any atom is 0.0559 e. The van der Waals surface area contributed by atoms with Gasteiger partial charge in [-0.1, -0.05) is 19.8 Å². The van der Waals surface area contributed by atoms with Crippen molar-refractivity contribution in [3.8, 4) is 0 Å². The molecule has 0 amide bonds. The molecule has 2 fully saturated rings. The minimum Gasteiger partial charge on any atom is -0.380 e. The summed E-state index contributed by atoms with van der Waals surface area (Å²) in [7, 11) is 0. The zero-order chi connectivity index (χ0) is 9.15. The number of hydrogen-bond donors (Lipinski definition) is 1. The summed E-state index contributed by atoms with van der Waals surface area (Å²) in [5.74, 6) is 0.945. The summed E-state index contributed by atoms with van der Waals surface area (Å²) in [4.78, 5) is 0. The molecule has 1 aliphatic carbocycles. The Bertz CT molecular complexity index is 159. The molecule has 1 heterocycles. The van der Waals surface area contributed by atoms with Gasteiger partial charge in [0.15, 0.2) is 0 Å². The van der Waals surface area contributed by atoms with Crippen molar-refractivity contribution in [3.05, 3.63) is 0 Å². The zero-order valence-electron chi connectivity index (χ0n) is 8.64. The average Bonchev–Trinajstić information content (AvgIpc) is 2.56. The molecule has 2 nitrogen and oxygen atoms in total. The van der Waals surface area contributed by atoms with Gasteiger partial charge in [0.05, 0.1) is 13.2 Å². The number of hydrogen-bond acceptors (Lipinski definition) is 2. The third kappa shape index (κ3) is 1.75. The van der Waals surface area contributed by atoms with Gasteiger partial charge in [-0.2, -0.15) is 0 Å². The van der Waals surface area contributed by atoms with Gasteiger partial charge in [-0.25, -0.2) is 0 Å². The summed E-state index contributed by atoms with van der Waals surface area (Å²) in [5.41, 5.74) is 0.520. The summed E-state index contributed by atoms with van der Waals surface area (Å²) in [6.45, 7) is 6.46. The molecular weight excluding hydrogens is 162 g/mol. The molecule has 0 spiro atoms. The molecule has 0 unspecified atom stereocenters. The van der Waals surface area contributed by atoms with Crippen LogP contribution in [0.25, 0.3) is 0 Å². The van der Waals surface area contributed by atoms with Crippen LogP contribution < -0.4 is 5.32 Å². The van der Waals surface area contributed by atoms with Crippen LogP contribution in [0.3, 0.4) is 0 Å². The summed E-state index contributed by atoms with van der Waals surface area (Å²) >= 11 is 0. The lowest BCUT2D eigenvalue weighted by atomic mass is 9.72. The lowest BCUT2D eigenvalue weighted by Gasteiger charge is -2.46. The van der Waals surface area contributed by atoms with Gasteiger partial charge >= 0.3 is 0 Å². The molecule has 13 heavy (non-hydrogen) atoms. The lowest BCUT2D eigenvalue weighted by Crippen LogP contribution is -2.53.